The summed E-state index contributed by atoms with van der Waals surface area (Å²) in [5.74, 6) is 0. The summed E-state index contributed by atoms with van der Waals surface area (Å²) in [6, 6.07) is 12.8. The highest BCUT2D eigenvalue weighted by atomic mass is 16.3. The number of aryl methyl sites for hydroxylation is 1. The van der Waals surface area contributed by atoms with Gasteiger partial charge in [-0.1, -0.05) is 30.3 Å². The van der Waals surface area contributed by atoms with Gasteiger partial charge in [-0.05, 0) is 51.9 Å². The molecule has 1 saturated heterocycles. The Bertz CT molecular complexity index is 851. The first-order chi connectivity index (χ1) is 11.2. The number of rotatable bonds is 1. The van der Waals surface area contributed by atoms with Crippen molar-refractivity contribution in [3.8, 4) is 0 Å². The summed E-state index contributed by atoms with van der Waals surface area (Å²) in [5.41, 5.74) is 4.57. The zero-order valence-electron chi connectivity index (χ0n) is 14.2. The minimum Gasteiger partial charge on any atom is -0.454 e. The summed E-state index contributed by atoms with van der Waals surface area (Å²) >= 11 is 0. The maximum atomic E-state index is 6.28. The Morgan fingerprint density at radius 2 is 1.78 bits per heavy atom. The zero-order chi connectivity index (χ0) is 16.0. The van der Waals surface area contributed by atoms with Gasteiger partial charge >= 0.3 is 0 Å². The van der Waals surface area contributed by atoms with Gasteiger partial charge in [-0.25, -0.2) is 0 Å². The van der Waals surface area contributed by atoms with E-state index in [-0.39, 0.29) is 0 Å². The van der Waals surface area contributed by atoms with E-state index in [1.54, 1.807) is 0 Å². The number of benzene rings is 2. The van der Waals surface area contributed by atoms with Gasteiger partial charge in [0, 0.05) is 17.3 Å². The number of anilines is 1. The normalized spacial score (nSPS) is 20.3. The number of furan rings is 1. The molecule has 0 saturated carbocycles. The van der Waals surface area contributed by atoms with Crippen molar-refractivity contribution in [2.75, 3.05) is 25.0 Å². The first kappa shape index (κ1) is 14.6. The lowest BCUT2D eigenvalue weighted by Crippen LogP contribution is -2.43. The molecule has 0 radical (unpaired) electrons. The number of hydrogen-bond acceptors (Lipinski definition) is 3. The van der Waals surface area contributed by atoms with E-state index in [9.17, 15) is 0 Å². The smallest absolute Gasteiger partial charge is 0.159 e. The van der Waals surface area contributed by atoms with Crippen molar-refractivity contribution in [2.45, 2.75) is 32.9 Å². The van der Waals surface area contributed by atoms with Gasteiger partial charge in [-0.15, -0.1) is 0 Å². The molecule has 3 nitrogen and oxygen atoms in total. The highest BCUT2D eigenvalue weighted by Crippen LogP contribution is 2.38. The van der Waals surface area contributed by atoms with Crippen LogP contribution in [-0.4, -0.2) is 31.2 Å². The van der Waals surface area contributed by atoms with Crippen molar-refractivity contribution in [2.24, 2.45) is 0 Å². The lowest BCUT2D eigenvalue weighted by molar-refractivity contribution is 0.267. The second-order valence-electron chi connectivity index (χ2n) is 6.72. The van der Waals surface area contributed by atoms with Crippen molar-refractivity contribution in [1.82, 2.24) is 4.90 Å². The van der Waals surface area contributed by atoms with Crippen LogP contribution >= 0.6 is 0 Å². The Morgan fingerprint density at radius 3 is 2.65 bits per heavy atom. The first-order valence-electron chi connectivity index (χ1n) is 8.54. The van der Waals surface area contributed by atoms with Gasteiger partial charge < -0.3 is 9.32 Å². The van der Waals surface area contributed by atoms with Crippen molar-refractivity contribution >= 4 is 27.6 Å². The van der Waals surface area contributed by atoms with Gasteiger partial charge in [0.05, 0.1) is 11.9 Å². The Kier molecular flexibility index (Phi) is 3.53. The van der Waals surface area contributed by atoms with Gasteiger partial charge in [0.25, 0.3) is 0 Å². The van der Waals surface area contributed by atoms with Crippen LogP contribution in [0.25, 0.3) is 21.9 Å². The third-order valence-electron chi connectivity index (χ3n) is 5.26. The molecule has 0 aliphatic carbocycles. The summed E-state index contributed by atoms with van der Waals surface area (Å²) in [5, 5.41) is 2.43. The molecular weight excluding hydrogens is 284 g/mol. The SMILES string of the molecule is Cc1ccc2c(oc3ccccc32)c1N1CCCCN(C)[C@@H]1C. The van der Waals surface area contributed by atoms with Gasteiger partial charge in [-0.2, -0.15) is 0 Å². The van der Waals surface area contributed by atoms with Crippen LogP contribution in [0.2, 0.25) is 0 Å². The molecule has 0 amide bonds. The second-order valence-corrected chi connectivity index (χ2v) is 6.72. The fraction of sp³-hybridized carbons (Fsp3) is 0.400. The molecule has 1 aliphatic rings. The fourth-order valence-corrected chi connectivity index (χ4v) is 3.78. The average molecular weight is 308 g/mol. The minimum absolute atomic E-state index is 0.384. The monoisotopic (exact) mass is 308 g/mol. The number of fused-ring (bicyclic) bond motifs is 3. The minimum atomic E-state index is 0.384. The summed E-state index contributed by atoms with van der Waals surface area (Å²) in [7, 11) is 2.22. The first-order valence-corrected chi connectivity index (χ1v) is 8.54. The second kappa shape index (κ2) is 5.57. The number of para-hydroxylation sites is 1. The maximum absolute atomic E-state index is 6.28. The summed E-state index contributed by atoms with van der Waals surface area (Å²) < 4.78 is 6.28. The molecule has 0 spiro atoms. The van der Waals surface area contributed by atoms with Gasteiger partial charge in [0.2, 0.25) is 0 Å². The highest BCUT2D eigenvalue weighted by molar-refractivity contribution is 6.09. The molecule has 0 unspecified atom stereocenters. The fourth-order valence-electron chi connectivity index (χ4n) is 3.78. The van der Waals surface area contributed by atoms with E-state index in [2.05, 4.69) is 61.0 Å². The van der Waals surface area contributed by atoms with E-state index < -0.39 is 0 Å². The van der Waals surface area contributed by atoms with Crippen molar-refractivity contribution in [3.63, 3.8) is 0 Å². The molecule has 3 aromatic rings. The molecule has 1 fully saturated rings. The molecule has 0 bridgehead atoms. The summed E-state index contributed by atoms with van der Waals surface area (Å²) in [6.07, 6.45) is 2.87. The van der Waals surface area contributed by atoms with Crippen LogP contribution in [0.3, 0.4) is 0 Å². The quantitative estimate of drug-likeness (QED) is 0.645. The predicted octanol–water partition coefficient (Wildman–Crippen LogP) is 4.77. The Hall–Kier alpha value is -2.00. The Morgan fingerprint density at radius 1 is 1.00 bits per heavy atom. The van der Waals surface area contributed by atoms with Crippen LogP contribution < -0.4 is 4.90 Å². The number of nitrogens with zero attached hydrogens (tertiary/aromatic N) is 2. The molecule has 23 heavy (non-hydrogen) atoms. The molecule has 2 aromatic carbocycles. The van der Waals surface area contributed by atoms with E-state index in [1.165, 1.54) is 34.9 Å². The van der Waals surface area contributed by atoms with Gasteiger partial charge in [0.1, 0.15) is 5.58 Å². The molecule has 120 valence electrons. The van der Waals surface area contributed by atoms with Gasteiger partial charge in [0.15, 0.2) is 5.58 Å². The largest absolute Gasteiger partial charge is 0.454 e. The Labute approximate surface area is 137 Å². The van der Waals surface area contributed by atoms with E-state index in [0.717, 1.165) is 24.3 Å². The summed E-state index contributed by atoms with van der Waals surface area (Å²) in [6.45, 7) is 6.74. The van der Waals surface area contributed by atoms with Crippen LogP contribution in [0, 0.1) is 6.92 Å². The van der Waals surface area contributed by atoms with E-state index in [4.69, 9.17) is 4.42 Å². The topological polar surface area (TPSA) is 19.6 Å². The molecule has 1 atom stereocenters. The third-order valence-corrected chi connectivity index (χ3v) is 5.26. The standard InChI is InChI=1S/C20H24N2O/c1-14-10-11-17-16-8-4-5-9-18(16)23-20(17)19(14)22-13-7-6-12-21(3)15(22)2/h4-5,8-11,15H,6-7,12-13H2,1-3H3/t15-/m0/s1. The maximum Gasteiger partial charge on any atom is 0.159 e. The molecule has 1 aliphatic heterocycles. The van der Waals surface area contributed by atoms with Crippen LogP contribution in [-0.2, 0) is 0 Å². The van der Waals surface area contributed by atoms with Crippen molar-refractivity contribution in [1.29, 1.82) is 0 Å². The lowest BCUT2D eigenvalue weighted by Gasteiger charge is -2.35. The van der Waals surface area contributed by atoms with Crippen LogP contribution in [0.15, 0.2) is 40.8 Å². The van der Waals surface area contributed by atoms with Crippen LogP contribution in [0.5, 0.6) is 0 Å². The molecule has 0 N–H and O–H groups in total. The van der Waals surface area contributed by atoms with Gasteiger partial charge in [-0.3, -0.25) is 4.90 Å². The van der Waals surface area contributed by atoms with E-state index in [1.807, 2.05) is 6.07 Å². The highest BCUT2D eigenvalue weighted by Gasteiger charge is 2.25. The summed E-state index contributed by atoms with van der Waals surface area (Å²) in [4.78, 5) is 4.96. The molecular formula is C20H24N2O. The Balaban J connectivity index is 1.96. The third kappa shape index (κ3) is 2.31. The molecule has 1 aromatic heterocycles. The van der Waals surface area contributed by atoms with E-state index in [0.29, 0.717) is 6.17 Å². The number of hydrogen-bond donors (Lipinski definition) is 0. The average Bonchev–Trinajstić information content (AvgIpc) is 2.85. The zero-order valence-corrected chi connectivity index (χ0v) is 14.2. The molecule has 3 heteroatoms. The predicted molar refractivity (Wildman–Crippen MR) is 97.1 cm³/mol. The van der Waals surface area contributed by atoms with Crippen molar-refractivity contribution < 1.29 is 4.42 Å². The van der Waals surface area contributed by atoms with E-state index >= 15 is 0 Å². The molecule has 4 rings (SSSR count). The lowest BCUT2D eigenvalue weighted by atomic mass is 10.1. The molecule has 2 heterocycles. The van der Waals surface area contributed by atoms with Crippen LogP contribution in [0.1, 0.15) is 25.3 Å². The van der Waals surface area contributed by atoms with Crippen molar-refractivity contribution in [3.05, 3.63) is 42.0 Å². The van der Waals surface area contributed by atoms with Crippen LogP contribution in [0.4, 0.5) is 5.69 Å².